The molecule has 6 nitrogen and oxygen atoms in total. The van der Waals surface area contributed by atoms with Crippen molar-refractivity contribution in [1.29, 1.82) is 0 Å². The van der Waals surface area contributed by atoms with Crippen LogP contribution in [0.4, 0.5) is 5.82 Å². The molecule has 0 aliphatic carbocycles. The Labute approximate surface area is 107 Å². The number of carbonyl (C=O) groups excluding carboxylic acids is 1. The summed E-state index contributed by atoms with van der Waals surface area (Å²) in [6.45, 7) is 4.95. The molecule has 1 amide bonds. The fourth-order valence-corrected chi connectivity index (χ4v) is 1.61. The summed E-state index contributed by atoms with van der Waals surface area (Å²) in [4.78, 5) is 13.4. The minimum Gasteiger partial charge on any atom is -0.396 e. The SMILES string of the molecule is CNC(=O)c1ccc(N(CCCO)C(C)C)nn1. The lowest BCUT2D eigenvalue weighted by molar-refractivity contribution is 0.0957. The Morgan fingerprint density at radius 1 is 1.44 bits per heavy atom. The quantitative estimate of drug-likeness (QED) is 0.768. The van der Waals surface area contributed by atoms with Crippen molar-refractivity contribution in [2.45, 2.75) is 26.3 Å². The molecule has 1 aromatic rings. The Bertz CT molecular complexity index is 378. The van der Waals surface area contributed by atoms with Crippen LogP contribution in [0.15, 0.2) is 12.1 Å². The second kappa shape index (κ2) is 6.90. The van der Waals surface area contributed by atoms with E-state index in [1.165, 1.54) is 0 Å². The smallest absolute Gasteiger partial charge is 0.271 e. The number of rotatable bonds is 6. The van der Waals surface area contributed by atoms with Crippen LogP contribution in [0.25, 0.3) is 0 Å². The van der Waals surface area contributed by atoms with E-state index >= 15 is 0 Å². The zero-order chi connectivity index (χ0) is 13.5. The lowest BCUT2D eigenvalue weighted by atomic mass is 10.2. The van der Waals surface area contributed by atoms with Crippen LogP contribution in [0, 0.1) is 0 Å². The number of aliphatic hydroxyl groups excluding tert-OH is 1. The van der Waals surface area contributed by atoms with Gasteiger partial charge in [-0.1, -0.05) is 0 Å². The molecule has 0 aliphatic heterocycles. The maximum Gasteiger partial charge on any atom is 0.271 e. The van der Waals surface area contributed by atoms with Crippen LogP contribution in [0.5, 0.6) is 0 Å². The zero-order valence-corrected chi connectivity index (χ0v) is 11.1. The minimum atomic E-state index is -0.250. The fraction of sp³-hybridized carbons (Fsp3) is 0.583. The maximum absolute atomic E-state index is 11.3. The van der Waals surface area contributed by atoms with Gasteiger partial charge in [0.25, 0.3) is 5.91 Å². The standard InChI is InChI=1S/C12H20N4O2/c1-9(2)16(7-4-8-17)11-6-5-10(14-15-11)12(18)13-3/h5-6,9,17H,4,7-8H2,1-3H3,(H,13,18). The molecule has 0 aromatic carbocycles. The molecule has 2 N–H and O–H groups in total. The van der Waals surface area contributed by atoms with Gasteiger partial charge in [0.1, 0.15) is 0 Å². The summed E-state index contributed by atoms with van der Waals surface area (Å²) >= 11 is 0. The summed E-state index contributed by atoms with van der Waals surface area (Å²) in [5.41, 5.74) is 0.298. The molecule has 1 heterocycles. The molecular formula is C12H20N4O2. The number of hydrogen-bond acceptors (Lipinski definition) is 5. The van der Waals surface area contributed by atoms with Gasteiger partial charge in [0.05, 0.1) is 0 Å². The first-order valence-electron chi connectivity index (χ1n) is 6.03. The van der Waals surface area contributed by atoms with Crippen LogP contribution in [0.3, 0.4) is 0 Å². The van der Waals surface area contributed by atoms with Crippen molar-refractivity contribution in [1.82, 2.24) is 15.5 Å². The maximum atomic E-state index is 11.3. The third kappa shape index (κ3) is 3.66. The molecule has 1 aromatic heterocycles. The Morgan fingerprint density at radius 3 is 2.61 bits per heavy atom. The zero-order valence-electron chi connectivity index (χ0n) is 11.1. The average molecular weight is 252 g/mol. The normalized spacial score (nSPS) is 10.5. The van der Waals surface area contributed by atoms with Crippen LogP contribution in [-0.4, -0.2) is 47.5 Å². The molecule has 0 aliphatic rings. The number of anilines is 1. The van der Waals surface area contributed by atoms with E-state index in [9.17, 15) is 4.79 Å². The van der Waals surface area contributed by atoms with Gasteiger partial charge in [-0.2, -0.15) is 0 Å². The van der Waals surface area contributed by atoms with Gasteiger partial charge in [-0.05, 0) is 32.4 Å². The van der Waals surface area contributed by atoms with Gasteiger partial charge in [0, 0.05) is 26.2 Å². The summed E-state index contributed by atoms with van der Waals surface area (Å²) < 4.78 is 0. The molecule has 0 atom stereocenters. The highest BCUT2D eigenvalue weighted by atomic mass is 16.3. The van der Waals surface area contributed by atoms with Gasteiger partial charge in [-0.15, -0.1) is 10.2 Å². The molecule has 0 unspecified atom stereocenters. The van der Waals surface area contributed by atoms with Crippen molar-refractivity contribution in [2.24, 2.45) is 0 Å². The molecule has 0 saturated heterocycles. The second-order valence-electron chi connectivity index (χ2n) is 4.22. The van der Waals surface area contributed by atoms with Crippen molar-refractivity contribution in [3.05, 3.63) is 17.8 Å². The van der Waals surface area contributed by atoms with E-state index in [1.807, 2.05) is 18.7 Å². The molecule has 6 heteroatoms. The highest BCUT2D eigenvalue weighted by molar-refractivity contribution is 5.91. The molecule has 18 heavy (non-hydrogen) atoms. The Morgan fingerprint density at radius 2 is 2.17 bits per heavy atom. The van der Waals surface area contributed by atoms with Gasteiger partial charge in [0.2, 0.25) is 0 Å². The third-order valence-electron chi connectivity index (χ3n) is 2.58. The lowest BCUT2D eigenvalue weighted by Crippen LogP contribution is -2.33. The Balaban J connectivity index is 2.83. The van der Waals surface area contributed by atoms with E-state index in [0.717, 1.165) is 0 Å². The van der Waals surface area contributed by atoms with Gasteiger partial charge in [-0.3, -0.25) is 4.79 Å². The molecule has 0 spiro atoms. The number of nitrogens with zero attached hydrogens (tertiary/aromatic N) is 3. The predicted molar refractivity (Wildman–Crippen MR) is 69.6 cm³/mol. The Kier molecular flexibility index (Phi) is 5.51. The number of carbonyl (C=O) groups is 1. The third-order valence-corrected chi connectivity index (χ3v) is 2.58. The van der Waals surface area contributed by atoms with Gasteiger partial charge in [-0.25, -0.2) is 0 Å². The van der Waals surface area contributed by atoms with E-state index in [1.54, 1.807) is 19.2 Å². The fourth-order valence-electron chi connectivity index (χ4n) is 1.61. The van der Waals surface area contributed by atoms with E-state index in [0.29, 0.717) is 24.5 Å². The van der Waals surface area contributed by atoms with Gasteiger partial charge < -0.3 is 15.3 Å². The monoisotopic (exact) mass is 252 g/mol. The van der Waals surface area contributed by atoms with Crippen LogP contribution >= 0.6 is 0 Å². The van der Waals surface area contributed by atoms with Crippen LogP contribution in [-0.2, 0) is 0 Å². The number of aliphatic hydroxyl groups is 1. The number of hydrogen-bond donors (Lipinski definition) is 2. The molecule has 1 rings (SSSR count). The molecule has 100 valence electrons. The summed E-state index contributed by atoms with van der Waals surface area (Å²) in [5.74, 6) is 0.464. The number of aromatic nitrogens is 2. The average Bonchev–Trinajstić information content (AvgIpc) is 2.38. The van der Waals surface area contributed by atoms with E-state index in [4.69, 9.17) is 5.11 Å². The summed E-state index contributed by atoms with van der Waals surface area (Å²) in [5, 5.41) is 19.3. The van der Waals surface area contributed by atoms with Crippen LogP contribution in [0.1, 0.15) is 30.8 Å². The summed E-state index contributed by atoms with van der Waals surface area (Å²) in [7, 11) is 1.56. The highest BCUT2D eigenvalue weighted by Crippen LogP contribution is 2.13. The van der Waals surface area contributed by atoms with Crippen molar-refractivity contribution in [3.63, 3.8) is 0 Å². The molecule has 0 bridgehead atoms. The first kappa shape index (κ1) is 14.4. The van der Waals surface area contributed by atoms with Crippen molar-refractivity contribution >= 4 is 11.7 Å². The first-order valence-corrected chi connectivity index (χ1v) is 6.03. The highest BCUT2D eigenvalue weighted by Gasteiger charge is 2.13. The van der Waals surface area contributed by atoms with Crippen molar-refractivity contribution < 1.29 is 9.90 Å². The molecule has 0 saturated carbocycles. The lowest BCUT2D eigenvalue weighted by Gasteiger charge is -2.27. The van der Waals surface area contributed by atoms with E-state index in [-0.39, 0.29) is 18.6 Å². The predicted octanol–water partition coefficient (Wildman–Crippen LogP) is 0.433. The largest absolute Gasteiger partial charge is 0.396 e. The van der Waals surface area contributed by atoms with E-state index < -0.39 is 0 Å². The van der Waals surface area contributed by atoms with Gasteiger partial charge >= 0.3 is 0 Å². The molecule has 0 fully saturated rings. The van der Waals surface area contributed by atoms with Crippen molar-refractivity contribution in [2.75, 3.05) is 25.1 Å². The summed E-state index contributed by atoms with van der Waals surface area (Å²) in [6, 6.07) is 3.68. The van der Waals surface area contributed by atoms with Crippen molar-refractivity contribution in [3.8, 4) is 0 Å². The van der Waals surface area contributed by atoms with Crippen LogP contribution < -0.4 is 10.2 Å². The molecular weight excluding hydrogens is 232 g/mol. The topological polar surface area (TPSA) is 78.4 Å². The number of nitrogens with one attached hydrogen (secondary N) is 1. The van der Waals surface area contributed by atoms with E-state index in [2.05, 4.69) is 15.5 Å². The van der Waals surface area contributed by atoms with Gasteiger partial charge in [0.15, 0.2) is 11.5 Å². The van der Waals surface area contributed by atoms with Crippen LogP contribution in [0.2, 0.25) is 0 Å². The number of amides is 1. The first-order chi connectivity index (χ1) is 8.60. The Hall–Kier alpha value is -1.69. The second-order valence-corrected chi connectivity index (χ2v) is 4.22. The summed E-state index contributed by atoms with van der Waals surface area (Å²) in [6.07, 6.45) is 0.678. The molecule has 0 radical (unpaired) electrons. The minimum absolute atomic E-state index is 0.146.